The molecule has 0 aliphatic rings. The zero-order valence-corrected chi connectivity index (χ0v) is 40.3. The fraction of sp³-hybridized carbons (Fsp3) is 0.100. The highest BCUT2D eigenvalue weighted by molar-refractivity contribution is 6.89. The van der Waals surface area contributed by atoms with Crippen LogP contribution in [-0.4, -0.2) is 24.9 Å². The number of hydrogen-bond acceptors (Lipinski definition) is 2. The summed E-state index contributed by atoms with van der Waals surface area (Å²) in [7, 11) is -2.92. The third-order valence-corrected chi connectivity index (χ3v) is 18.4. The van der Waals surface area contributed by atoms with Crippen molar-refractivity contribution in [3.05, 3.63) is 194 Å². The molecule has 0 bridgehead atoms. The van der Waals surface area contributed by atoms with Gasteiger partial charge in [0.25, 0.3) is 0 Å². The average molecular weight is 883 g/mol. The van der Waals surface area contributed by atoms with E-state index in [0.29, 0.717) is 0 Å². The molecular weight excluding hydrogens is 833 g/mol. The molecule has 13 rings (SSSR count). The van der Waals surface area contributed by atoms with Crippen LogP contribution in [0.15, 0.2) is 194 Å². The van der Waals surface area contributed by atoms with Crippen molar-refractivity contribution in [3.8, 4) is 0 Å². The Morgan fingerprint density at radius 2 is 0.591 bits per heavy atom. The van der Waals surface area contributed by atoms with Crippen LogP contribution in [0.2, 0.25) is 39.3 Å². The number of nitrogens with zero attached hydrogens (tertiary/aromatic N) is 4. The molecular formula is C60H50N4Si2. The Labute approximate surface area is 386 Å². The van der Waals surface area contributed by atoms with E-state index in [4.69, 9.17) is 0 Å². The number of rotatable bonds is 8. The van der Waals surface area contributed by atoms with Gasteiger partial charge < -0.3 is 18.6 Å². The van der Waals surface area contributed by atoms with Gasteiger partial charge in [0, 0.05) is 77.2 Å². The molecule has 4 nitrogen and oxygen atoms in total. The molecule has 0 saturated heterocycles. The van der Waals surface area contributed by atoms with E-state index in [9.17, 15) is 0 Å². The summed E-state index contributed by atoms with van der Waals surface area (Å²) in [5, 5.41) is 13.2. The third kappa shape index (κ3) is 5.74. The summed E-state index contributed by atoms with van der Waals surface area (Å²) in [6.45, 7) is 14.5. The number of hydrogen-bond donors (Lipinski definition) is 0. The SMILES string of the molecule is C[Si](C)(C)c1ccc(N(c2ccccc2)c2ccc3c4cccc5c6cc7c(cc6n(c3c2)c45)c2cccc3c4ccc(N(c5ccccc5)c5ccc([Si](C)(C)C)cc5)cc4n7c32)cc1. The lowest BCUT2D eigenvalue weighted by Crippen LogP contribution is -2.37. The second-order valence-corrected chi connectivity index (χ2v) is 30.5. The Morgan fingerprint density at radius 3 is 0.955 bits per heavy atom. The molecule has 0 fully saturated rings. The first kappa shape index (κ1) is 39.0. The molecule has 4 aromatic heterocycles. The average Bonchev–Trinajstić information content (AvgIpc) is 4.05. The van der Waals surface area contributed by atoms with Crippen LogP contribution in [0.25, 0.3) is 76.2 Å². The molecule has 9 aromatic carbocycles. The summed E-state index contributed by atoms with van der Waals surface area (Å²) < 4.78 is 5.09. The largest absolute Gasteiger partial charge is 0.310 e. The molecule has 0 N–H and O–H groups in total. The van der Waals surface area contributed by atoms with Gasteiger partial charge in [0.2, 0.25) is 0 Å². The van der Waals surface area contributed by atoms with Gasteiger partial charge in [-0.05, 0) is 84.9 Å². The summed E-state index contributed by atoms with van der Waals surface area (Å²) in [5.41, 5.74) is 14.4. The van der Waals surface area contributed by atoms with Gasteiger partial charge in [-0.3, -0.25) is 0 Å². The number of fused-ring (bicyclic) bond motifs is 12. The normalized spacial score (nSPS) is 12.7. The molecule has 0 unspecified atom stereocenters. The highest BCUT2D eigenvalue weighted by atomic mass is 28.3. The second-order valence-electron chi connectivity index (χ2n) is 20.3. The molecule has 0 spiro atoms. The van der Waals surface area contributed by atoms with E-state index in [1.165, 1.54) is 86.6 Å². The fourth-order valence-electron chi connectivity index (χ4n) is 11.0. The van der Waals surface area contributed by atoms with Crippen LogP contribution < -0.4 is 20.2 Å². The van der Waals surface area contributed by atoms with Gasteiger partial charge in [-0.15, -0.1) is 0 Å². The van der Waals surface area contributed by atoms with E-state index in [1.54, 1.807) is 0 Å². The van der Waals surface area contributed by atoms with Crippen LogP contribution in [0, 0.1) is 0 Å². The predicted molar refractivity (Wildman–Crippen MR) is 291 cm³/mol. The van der Waals surface area contributed by atoms with Gasteiger partial charge in [-0.25, -0.2) is 0 Å². The molecule has 66 heavy (non-hydrogen) atoms. The third-order valence-electron chi connectivity index (χ3n) is 14.2. The van der Waals surface area contributed by atoms with Crippen molar-refractivity contribution in [2.24, 2.45) is 0 Å². The van der Waals surface area contributed by atoms with Crippen molar-refractivity contribution in [3.63, 3.8) is 0 Å². The van der Waals surface area contributed by atoms with Crippen LogP contribution in [0.5, 0.6) is 0 Å². The topological polar surface area (TPSA) is 15.3 Å². The molecule has 0 aliphatic carbocycles. The minimum Gasteiger partial charge on any atom is -0.310 e. The zero-order chi connectivity index (χ0) is 44.6. The van der Waals surface area contributed by atoms with Gasteiger partial charge in [0.15, 0.2) is 0 Å². The first-order chi connectivity index (χ1) is 32.0. The maximum atomic E-state index is 2.55. The fourth-order valence-corrected chi connectivity index (χ4v) is 13.3. The van der Waals surface area contributed by atoms with Crippen molar-refractivity contribution in [1.29, 1.82) is 0 Å². The van der Waals surface area contributed by atoms with E-state index in [1.807, 2.05) is 0 Å². The lowest BCUT2D eigenvalue weighted by molar-refractivity contribution is 1.28. The van der Waals surface area contributed by atoms with E-state index in [0.717, 1.165) is 34.1 Å². The summed E-state index contributed by atoms with van der Waals surface area (Å²) in [4.78, 5) is 4.82. The summed E-state index contributed by atoms with van der Waals surface area (Å²) in [6.07, 6.45) is 0. The minimum absolute atomic E-state index is 1.14. The monoisotopic (exact) mass is 882 g/mol. The van der Waals surface area contributed by atoms with Crippen LogP contribution in [0.1, 0.15) is 0 Å². The van der Waals surface area contributed by atoms with Crippen LogP contribution >= 0.6 is 0 Å². The van der Waals surface area contributed by atoms with E-state index < -0.39 is 16.1 Å². The number of benzene rings is 9. The number of para-hydroxylation sites is 4. The smallest absolute Gasteiger partial charge is 0.0775 e. The number of anilines is 6. The maximum Gasteiger partial charge on any atom is 0.0775 e. The highest BCUT2D eigenvalue weighted by Crippen LogP contribution is 2.47. The van der Waals surface area contributed by atoms with Crippen LogP contribution in [0.4, 0.5) is 34.1 Å². The van der Waals surface area contributed by atoms with Gasteiger partial charge in [-0.1, -0.05) is 159 Å². The van der Waals surface area contributed by atoms with E-state index in [-0.39, 0.29) is 0 Å². The molecule has 6 heteroatoms. The lowest BCUT2D eigenvalue weighted by atomic mass is 10.0. The standard InChI is InChI=1S/C60H50N4Si2/c1-65(2,3)45-29-23-41(24-30-45)61(39-15-9-7-10-16-39)43-27-33-47-49-19-13-21-51-53-38-58-54(37-57(53)63(59(49)51)55(47)35-43)52-22-14-20-50-48-34-28-44(36-56(48)64(58)60(50)52)62(40-17-11-8-12-18-40)42-25-31-46(32-26-42)66(4,5)6/h7-38H,1-6H3. The molecule has 0 amide bonds. The number of aromatic nitrogens is 2. The Hall–Kier alpha value is -7.39. The van der Waals surface area contributed by atoms with Crippen molar-refractivity contribution in [2.45, 2.75) is 39.3 Å². The quantitative estimate of drug-likeness (QED) is 0.141. The molecule has 4 heterocycles. The van der Waals surface area contributed by atoms with Gasteiger partial charge in [0.05, 0.1) is 49.2 Å². The molecule has 0 atom stereocenters. The van der Waals surface area contributed by atoms with Crippen LogP contribution in [0.3, 0.4) is 0 Å². The summed E-state index contributed by atoms with van der Waals surface area (Å²) in [5.74, 6) is 0. The van der Waals surface area contributed by atoms with Gasteiger partial charge in [0.1, 0.15) is 0 Å². The molecule has 0 saturated carbocycles. The molecule has 13 aromatic rings. The second kappa shape index (κ2) is 14.1. The van der Waals surface area contributed by atoms with Crippen LogP contribution in [-0.2, 0) is 0 Å². The van der Waals surface area contributed by atoms with Gasteiger partial charge in [-0.2, -0.15) is 0 Å². The zero-order valence-electron chi connectivity index (χ0n) is 38.3. The summed E-state index contributed by atoms with van der Waals surface area (Å²) >= 11 is 0. The lowest BCUT2D eigenvalue weighted by Gasteiger charge is -2.26. The molecule has 318 valence electrons. The van der Waals surface area contributed by atoms with E-state index >= 15 is 0 Å². The first-order valence-corrected chi connectivity index (χ1v) is 30.3. The molecule has 0 aliphatic heterocycles. The van der Waals surface area contributed by atoms with Gasteiger partial charge >= 0.3 is 0 Å². The van der Waals surface area contributed by atoms with Crippen molar-refractivity contribution in [2.75, 3.05) is 9.80 Å². The van der Waals surface area contributed by atoms with Crippen molar-refractivity contribution < 1.29 is 0 Å². The Kier molecular flexibility index (Phi) is 8.31. The molecule has 0 radical (unpaired) electrons. The Bertz CT molecular complexity index is 3720. The maximum absolute atomic E-state index is 2.55. The Morgan fingerprint density at radius 1 is 0.273 bits per heavy atom. The van der Waals surface area contributed by atoms with E-state index in [2.05, 4.69) is 252 Å². The minimum atomic E-state index is -1.46. The van der Waals surface area contributed by atoms with Crippen molar-refractivity contribution in [1.82, 2.24) is 8.80 Å². The van der Waals surface area contributed by atoms with Crippen molar-refractivity contribution >= 4 is 137 Å². The predicted octanol–water partition coefficient (Wildman–Crippen LogP) is 16.0. The highest BCUT2D eigenvalue weighted by Gasteiger charge is 2.25. The first-order valence-electron chi connectivity index (χ1n) is 23.3. The Balaban J connectivity index is 1.04. The summed E-state index contributed by atoms with van der Waals surface area (Å²) in [6, 6.07) is 73.0.